The van der Waals surface area contributed by atoms with Gasteiger partial charge in [-0.1, -0.05) is 35.5 Å². The monoisotopic (exact) mass is 398 g/mol. The summed E-state index contributed by atoms with van der Waals surface area (Å²) < 4.78 is 13.4. The molecule has 0 radical (unpaired) electrons. The zero-order chi connectivity index (χ0) is 20.8. The van der Waals surface area contributed by atoms with Crippen molar-refractivity contribution >= 4 is 21.9 Å². The van der Waals surface area contributed by atoms with Crippen LogP contribution in [0.1, 0.15) is 22.8 Å². The Balaban J connectivity index is 1.78. The number of pyridine rings is 1. The summed E-state index contributed by atoms with van der Waals surface area (Å²) in [6.45, 7) is 6.62. The minimum Gasteiger partial charge on any atom is -0.496 e. The quantitative estimate of drug-likeness (QED) is 0.415. The van der Waals surface area contributed by atoms with Gasteiger partial charge in [-0.25, -0.2) is 4.98 Å². The van der Waals surface area contributed by atoms with Crippen LogP contribution < -0.4 is 4.74 Å². The van der Waals surface area contributed by atoms with Crippen molar-refractivity contribution in [3.8, 4) is 16.9 Å². The van der Waals surface area contributed by atoms with E-state index in [9.17, 15) is 0 Å². The van der Waals surface area contributed by atoms with Crippen LogP contribution in [0.25, 0.3) is 33.1 Å². The van der Waals surface area contributed by atoms with E-state index >= 15 is 0 Å². The SMILES string of the molecule is COc1cc2c(cc1-c1c(C)noc1C)ncc1nc(C)n(Cc3ccccc3)c12. The summed E-state index contributed by atoms with van der Waals surface area (Å²) in [4.78, 5) is 9.44. The van der Waals surface area contributed by atoms with Crippen LogP contribution in [0.15, 0.2) is 53.2 Å². The highest BCUT2D eigenvalue weighted by Gasteiger charge is 2.20. The molecular formula is C24H22N4O2. The molecule has 5 aromatic rings. The molecule has 0 saturated carbocycles. The van der Waals surface area contributed by atoms with Gasteiger partial charge in [-0.05, 0) is 38.5 Å². The van der Waals surface area contributed by atoms with Crippen LogP contribution in [0.4, 0.5) is 0 Å². The van der Waals surface area contributed by atoms with Crippen molar-refractivity contribution in [2.75, 3.05) is 7.11 Å². The molecule has 6 heteroatoms. The van der Waals surface area contributed by atoms with E-state index in [1.807, 2.05) is 33.0 Å². The number of aryl methyl sites for hydroxylation is 3. The molecule has 0 spiro atoms. The van der Waals surface area contributed by atoms with Gasteiger partial charge in [-0.3, -0.25) is 4.98 Å². The standard InChI is InChI=1S/C24H22N4O2/c1-14-23(15(2)30-27-14)19-10-20-18(11-22(19)29-4)24-21(12-25-20)26-16(3)28(24)13-17-8-6-5-7-9-17/h5-12H,13H2,1-4H3. The zero-order valence-electron chi connectivity index (χ0n) is 17.4. The molecule has 0 aliphatic heterocycles. The number of methoxy groups -OCH3 is 1. The first-order valence-corrected chi connectivity index (χ1v) is 9.87. The van der Waals surface area contributed by atoms with Gasteiger partial charge in [-0.2, -0.15) is 0 Å². The van der Waals surface area contributed by atoms with Gasteiger partial charge in [0.25, 0.3) is 0 Å². The van der Waals surface area contributed by atoms with Crippen LogP contribution in [0.3, 0.4) is 0 Å². The number of fused-ring (bicyclic) bond motifs is 3. The van der Waals surface area contributed by atoms with Gasteiger partial charge in [-0.15, -0.1) is 0 Å². The smallest absolute Gasteiger partial charge is 0.141 e. The molecule has 0 N–H and O–H groups in total. The fourth-order valence-electron chi connectivity index (χ4n) is 4.15. The van der Waals surface area contributed by atoms with Crippen molar-refractivity contribution in [3.63, 3.8) is 0 Å². The Labute approximate surface area is 174 Å². The van der Waals surface area contributed by atoms with E-state index < -0.39 is 0 Å². The number of hydrogen-bond donors (Lipinski definition) is 0. The fourth-order valence-corrected chi connectivity index (χ4v) is 4.15. The summed E-state index contributed by atoms with van der Waals surface area (Å²) in [6.07, 6.45) is 1.84. The molecule has 3 aromatic heterocycles. The van der Waals surface area contributed by atoms with Crippen LogP contribution >= 0.6 is 0 Å². The maximum atomic E-state index is 5.77. The number of rotatable bonds is 4. The van der Waals surface area contributed by atoms with Crippen molar-refractivity contribution in [2.24, 2.45) is 0 Å². The Kier molecular flexibility index (Phi) is 4.28. The molecule has 0 amide bonds. The first kappa shape index (κ1) is 18.4. The molecule has 0 atom stereocenters. The molecule has 0 unspecified atom stereocenters. The molecule has 3 heterocycles. The lowest BCUT2D eigenvalue weighted by Gasteiger charge is -2.13. The summed E-state index contributed by atoms with van der Waals surface area (Å²) in [6, 6.07) is 14.5. The van der Waals surface area contributed by atoms with E-state index in [0.717, 1.165) is 62.6 Å². The van der Waals surface area contributed by atoms with Crippen LogP contribution in [-0.4, -0.2) is 26.8 Å². The number of ether oxygens (including phenoxy) is 1. The van der Waals surface area contributed by atoms with Gasteiger partial charge in [0.15, 0.2) is 0 Å². The lowest BCUT2D eigenvalue weighted by atomic mass is 10.0. The lowest BCUT2D eigenvalue weighted by molar-refractivity contribution is 0.393. The Morgan fingerprint density at radius 2 is 1.83 bits per heavy atom. The Bertz CT molecular complexity index is 1360. The van der Waals surface area contributed by atoms with Crippen molar-refractivity contribution < 1.29 is 9.26 Å². The van der Waals surface area contributed by atoms with Crippen LogP contribution in [0.2, 0.25) is 0 Å². The molecule has 0 aliphatic carbocycles. The molecule has 0 saturated heterocycles. The molecule has 30 heavy (non-hydrogen) atoms. The van der Waals surface area contributed by atoms with Gasteiger partial charge in [0.05, 0.1) is 35.6 Å². The minimum atomic E-state index is 0.746. The van der Waals surface area contributed by atoms with E-state index in [2.05, 4.69) is 46.1 Å². The predicted molar refractivity (Wildman–Crippen MR) is 117 cm³/mol. The van der Waals surface area contributed by atoms with Gasteiger partial charge in [0.2, 0.25) is 0 Å². The second kappa shape index (κ2) is 6.99. The number of imidazole rings is 1. The first-order chi connectivity index (χ1) is 14.6. The van der Waals surface area contributed by atoms with Crippen LogP contribution in [0, 0.1) is 20.8 Å². The molecule has 0 aliphatic rings. The molecule has 5 rings (SSSR count). The third-order valence-electron chi connectivity index (χ3n) is 5.57. The topological polar surface area (TPSA) is 66.0 Å². The van der Waals surface area contributed by atoms with Crippen molar-refractivity contribution in [3.05, 3.63) is 71.5 Å². The van der Waals surface area contributed by atoms with Crippen LogP contribution in [-0.2, 0) is 6.54 Å². The largest absolute Gasteiger partial charge is 0.496 e. The first-order valence-electron chi connectivity index (χ1n) is 9.87. The molecule has 150 valence electrons. The van der Waals surface area contributed by atoms with Crippen molar-refractivity contribution in [2.45, 2.75) is 27.3 Å². The van der Waals surface area contributed by atoms with E-state index in [1.54, 1.807) is 7.11 Å². The third kappa shape index (κ3) is 2.84. The average molecular weight is 398 g/mol. The average Bonchev–Trinajstić information content (AvgIpc) is 3.26. The molecule has 0 fully saturated rings. The number of nitrogens with zero attached hydrogens (tertiary/aromatic N) is 4. The highest BCUT2D eigenvalue weighted by Crippen LogP contribution is 2.39. The van der Waals surface area contributed by atoms with Crippen LogP contribution in [0.5, 0.6) is 5.75 Å². The van der Waals surface area contributed by atoms with E-state index in [0.29, 0.717) is 0 Å². The number of benzene rings is 2. The van der Waals surface area contributed by atoms with Gasteiger partial charge in [0, 0.05) is 17.5 Å². The van der Waals surface area contributed by atoms with E-state index in [4.69, 9.17) is 19.2 Å². The summed E-state index contributed by atoms with van der Waals surface area (Å²) >= 11 is 0. The third-order valence-corrected chi connectivity index (χ3v) is 5.57. The second-order valence-corrected chi connectivity index (χ2v) is 7.49. The van der Waals surface area contributed by atoms with Crippen molar-refractivity contribution in [1.29, 1.82) is 0 Å². The summed E-state index contributed by atoms with van der Waals surface area (Å²) in [7, 11) is 1.68. The predicted octanol–water partition coefficient (Wildman–Crippen LogP) is 5.22. The Morgan fingerprint density at radius 3 is 2.53 bits per heavy atom. The molecule has 2 aromatic carbocycles. The Morgan fingerprint density at radius 1 is 1.03 bits per heavy atom. The fraction of sp³-hybridized carbons (Fsp3) is 0.208. The number of hydrogen-bond acceptors (Lipinski definition) is 5. The zero-order valence-corrected chi connectivity index (χ0v) is 17.4. The summed E-state index contributed by atoms with van der Waals surface area (Å²) in [5.41, 5.74) is 6.75. The van der Waals surface area contributed by atoms with Gasteiger partial charge in [0.1, 0.15) is 22.9 Å². The lowest BCUT2D eigenvalue weighted by Crippen LogP contribution is -2.02. The maximum absolute atomic E-state index is 5.77. The summed E-state index contributed by atoms with van der Waals surface area (Å²) in [5, 5.41) is 5.11. The highest BCUT2D eigenvalue weighted by molar-refractivity contribution is 6.05. The molecule has 0 bridgehead atoms. The maximum Gasteiger partial charge on any atom is 0.141 e. The Hall–Kier alpha value is -3.67. The normalized spacial score (nSPS) is 11.5. The second-order valence-electron chi connectivity index (χ2n) is 7.49. The molecule has 6 nitrogen and oxygen atoms in total. The van der Waals surface area contributed by atoms with Gasteiger partial charge < -0.3 is 13.8 Å². The molecular weight excluding hydrogens is 376 g/mol. The highest BCUT2D eigenvalue weighted by atomic mass is 16.5. The van der Waals surface area contributed by atoms with E-state index in [-0.39, 0.29) is 0 Å². The number of aromatic nitrogens is 4. The van der Waals surface area contributed by atoms with E-state index in [1.165, 1.54) is 5.56 Å². The minimum absolute atomic E-state index is 0.746. The van der Waals surface area contributed by atoms with Gasteiger partial charge >= 0.3 is 0 Å². The van der Waals surface area contributed by atoms with Crippen molar-refractivity contribution in [1.82, 2.24) is 19.7 Å². The summed E-state index contributed by atoms with van der Waals surface area (Å²) in [5.74, 6) is 2.48.